The van der Waals surface area contributed by atoms with Gasteiger partial charge in [-0.1, -0.05) is 13.8 Å². The summed E-state index contributed by atoms with van der Waals surface area (Å²) in [6, 6.07) is 2.24. The Kier molecular flexibility index (Phi) is 4.26. The van der Waals surface area contributed by atoms with Gasteiger partial charge in [0.05, 0.1) is 18.1 Å². The monoisotopic (exact) mass is 306 g/mol. The number of hydrogen-bond donors (Lipinski definition) is 1. The molecule has 2 aromatic rings. The van der Waals surface area contributed by atoms with E-state index in [0.29, 0.717) is 12.1 Å². The molecule has 21 heavy (non-hydrogen) atoms. The average Bonchev–Trinajstić information content (AvgIpc) is 2.96. The van der Waals surface area contributed by atoms with Crippen molar-refractivity contribution in [3.63, 3.8) is 0 Å². The smallest absolute Gasteiger partial charge is 0.225 e. The molecule has 0 aliphatic carbocycles. The zero-order chi connectivity index (χ0) is 14.8. The molecule has 0 amide bonds. The van der Waals surface area contributed by atoms with E-state index in [4.69, 9.17) is 9.72 Å². The molecule has 1 aliphatic rings. The molecule has 3 rings (SSSR count). The van der Waals surface area contributed by atoms with Gasteiger partial charge in [0.1, 0.15) is 10.6 Å². The molecule has 1 aliphatic heterocycles. The van der Waals surface area contributed by atoms with Gasteiger partial charge in [0.2, 0.25) is 5.95 Å². The summed E-state index contributed by atoms with van der Waals surface area (Å²) in [7, 11) is 1.87. The van der Waals surface area contributed by atoms with Crippen molar-refractivity contribution in [2.45, 2.75) is 32.8 Å². The molecule has 1 N–H and O–H groups in total. The number of hydrogen-bond acceptors (Lipinski definition) is 6. The molecule has 1 atom stereocenters. The van der Waals surface area contributed by atoms with E-state index < -0.39 is 0 Å². The Balaban J connectivity index is 2.04. The lowest BCUT2D eigenvalue weighted by Gasteiger charge is -2.33. The normalized spacial score (nSPS) is 19.2. The number of ether oxygens (including phenoxy) is 1. The van der Waals surface area contributed by atoms with Crippen LogP contribution < -0.4 is 10.2 Å². The summed E-state index contributed by atoms with van der Waals surface area (Å²) in [5, 5.41) is 4.25. The third kappa shape index (κ3) is 2.82. The maximum Gasteiger partial charge on any atom is 0.225 e. The van der Waals surface area contributed by atoms with Crippen LogP contribution in [0.4, 0.5) is 11.8 Å². The summed E-state index contributed by atoms with van der Waals surface area (Å²) in [6.07, 6.45) is 2.37. The first-order valence-corrected chi connectivity index (χ1v) is 8.41. The molecule has 1 fully saturated rings. The van der Waals surface area contributed by atoms with Gasteiger partial charge in [-0.2, -0.15) is 4.98 Å². The van der Waals surface area contributed by atoms with E-state index in [1.807, 2.05) is 7.05 Å². The molecule has 0 radical (unpaired) electrons. The van der Waals surface area contributed by atoms with Crippen molar-refractivity contribution in [2.75, 3.05) is 37.0 Å². The number of rotatable bonds is 4. The van der Waals surface area contributed by atoms with Crippen LogP contribution in [-0.2, 0) is 11.2 Å². The number of aryl methyl sites for hydroxylation is 1. The zero-order valence-corrected chi connectivity index (χ0v) is 13.7. The highest BCUT2D eigenvalue weighted by atomic mass is 32.1. The molecule has 2 aromatic heterocycles. The number of thiophene rings is 1. The van der Waals surface area contributed by atoms with Crippen LogP contribution in [0.2, 0.25) is 0 Å². The van der Waals surface area contributed by atoms with Crippen molar-refractivity contribution in [3.8, 4) is 0 Å². The Morgan fingerprint density at radius 1 is 1.43 bits per heavy atom. The maximum absolute atomic E-state index is 5.78. The molecular formula is C15H22N4OS. The second-order valence-corrected chi connectivity index (χ2v) is 6.37. The molecule has 0 saturated carbocycles. The first-order valence-electron chi connectivity index (χ1n) is 7.59. The van der Waals surface area contributed by atoms with Crippen LogP contribution in [0.1, 0.15) is 25.1 Å². The second-order valence-electron chi connectivity index (χ2n) is 5.25. The van der Waals surface area contributed by atoms with Gasteiger partial charge in [0.15, 0.2) is 0 Å². The van der Waals surface area contributed by atoms with Gasteiger partial charge >= 0.3 is 0 Å². The Labute approximate surface area is 129 Å². The number of anilines is 2. The number of nitrogens with zero attached hydrogens (tertiary/aromatic N) is 3. The quantitative estimate of drug-likeness (QED) is 0.941. The van der Waals surface area contributed by atoms with Gasteiger partial charge in [-0.05, 0) is 18.9 Å². The molecule has 3 heterocycles. The molecule has 6 heteroatoms. The summed E-state index contributed by atoms with van der Waals surface area (Å²) in [4.78, 5) is 14.1. The SMILES string of the molecule is CCc1cc2c(N3CCOC(CC)C3)nc(NC)nc2s1. The summed E-state index contributed by atoms with van der Waals surface area (Å²) < 4.78 is 5.78. The number of aromatic nitrogens is 2. The summed E-state index contributed by atoms with van der Waals surface area (Å²) in [5.41, 5.74) is 0. The molecular weight excluding hydrogens is 284 g/mol. The summed E-state index contributed by atoms with van der Waals surface area (Å²) >= 11 is 1.76. The lowest BCUT2D eigenvalue weighted by molar-refractivity contribution is 0.0383. The van der Waals surface area contributed by atoms with Gasteiger partial charge in [-0.15, -0.1) is 11.3 Å². The largest absolute Gasteiger partial charge is 0.375 e. The highest BCUT2D eigenvalue weighted by Gasteiger charge is 2.23. The van der Waals surface area contributed by atoms with Crippen LogP contribution in [0, 0.1) is 0 Å². The maximum atomic E-state index is 5.78. The molecule has 0 aromatic carbocycles. The second kappa shape index (κ2) is 6.15. The van der Waals surface area contributed by atoms with E-state index in [1.54, 1.807) is 11.3 Å². The van der Waals surface area contributed by atoms with Gasteiger partial charge < -0.3 is 15.0 Å². The topological polar surface area (TPSA) is 50.3 Å². The molecule has 0 spiro atoms. The number of nitrogens with one attached hydrogen (secondary N) is 1. The van der Waals surface area contributed by atoms with Crippen molar-refractivity contribution in [1.29, 1.82) is 0 Å². The lowest BCUT2D eigenvalue weighted by Crippen LogP contribution is -2.42. The van der Waals surface area contributed by atoms with E-state index in [-0.39, 0.29) is 0 Å². The first kappa shape index (κ1) is 14.5. The van der Waals surface area contributed by atoms with Crippen molar-refractivity contribution < 1.29 is 4.74 Å². The Bertz CT molecular complexity index is 627. The van der Waals surface area contributed by atoms with Crippen LogP contribution >= 0.6 is 11.3 Å². The van der Waals surface area contributed by atoms with Crippen LogP contribution in [-0.4, -0.2) is 42.8 Å². The van der Waals surface area contributed by atoms with Crippen molar-refractivity contribution >= 4 is 33.3 Å². The minimum absolute atomic E-state index is 0.297. The van der Waals surface area contributed by atoms with Crippen molar-refractivity contribution in [2.24, 2.45) is 0 Å². The zero-order valence-electron chi connectivity index (χ0n) is 12.8. The molecule has 5 nitrogen and oxygen atoms in total. The predicted molar refractivity (Wildman–Crippen MR) is 88.6 cm³/mol. The minimum Gasteiger partial charge on any atom is -0.375 e. The lowest BCUT2D eigenvalue weighted by atomic mass is 10.2. The fraction of sp³-hybridized carbons (Fsp3) is 0.600. The fourth-order valence-electron chi connectivity index (χ4n) is 2.64. The minimum atomic E-state index is 0.297. The Hall–Kier alpha value is -1.40. The molecule has 1 unspecified atom stereocenters. The molecule has 1 saturated heterocycles. The van der Waals surface area contributed by atoms with Crippen molar-refractivity contribution in [3.05, 3.63) is 10.9 Å². The first-order chi connectivity index (χ1) is 10.2. The number of morpholine rings is 1. The third-order valence-electron chi connectivity index (χ3n) is 3.89. The van der Waals surface area contributed by atoms with E-state index >= 15 is 0 Å². The van der Waals surface area contributed by atoms with E-state index in [0.717, 1.165) is 43.2 Å². The summed E-state index contributed by atoms with van der Waals surface area (Å²) in [6.45, 7) is 6.91. The van der Waals surface area contributed by atoms with Gasteiger partial charge in [0, 0.05) is 25.0 Å². The predicted octanol–water partition coefficient (Wildman–Crippen LogP) is 2.91. The summed E-state index contributed by atoms with van der Waals surface area (Å²) in [5.74, 6) is 1.74. The van der Waals surface area contributed by atoms with E-state index in [9.17, 15) is 0 Å². The fourth-order valence-corrected chi connectivity index (χ4v) is 3.60. The van der Waals surface area contributed by atoms with E-state index in [1.165, 1.54) is 10.3 Å². The Morgan fingerprint density at radius 2 is 2.29 bits per heavy atom. The van der Waals surface area contributed by atoms with Crippen LogP contribution in [0.3, 0.4) is 0 Å². The average molecular weight is 306 g/mol. The van der Waals surface area contributed by atoms with Crippen LogP contribution in [0.15, 0.2) is 6.07 Å². The van der Waals surface area contributed by atoms with Gasteiger partial charge in [-0.25, -0.2) is 4.98 Å². The third-order valence-corrected chi connectivity index (χ3v) is 5.06. The molecule has 0 bridgehead atoms. The Morgan fingerprint density at radius 3 is 3.00 bits per heavy atom. The highest BCUT2D eigenvalue weighted by molar-refractivity contribution is 7.18. The van der Waals surface area contributed by atoms with E-state index in [2.05, 4.69) is 35.1 Å². The number of fused-ring (bicyclic) bond motifs is 1. The van der Waals surface area contributed by atoms with Crippen LogP contribution in [0.25, 0.3) is 10.2 Å². The molecule has 114 valence electrons. The highest BCUT2D eigenvalue weighted by Crippen LogP contribution is 2.33. The van der Waals surface area contributed by atoms with Crippen LogP contribution in [0.5, 0.6) is 0 Å². The van der Waals surface area contributed by atoms with Gasteiger partial charge in [-0.3, -0.25) is 0 Å². The standard InChI is InChI=1S/C15H22N4OS/c1-4-10-9-19(6-7-20-10)13-12-8-11(5-2)21-14(12)18-15(16-3)17-13/h8,10H,4-7,9H2,1-3H3,(H,16,17,18). The van der Waals surface area contributed by atoms with Gasteiger partial charge in [0.25, 0.3) is 0 Å². The van der Waals surface area contributed by atoms with Crippen molar-refractivity contribution in [1.82, 2.24) is 9.97 Å².